The van der Waals surface area contributed by atoms with Crippen LogP contribution in [0.2, 0.25) is 0 Å². The number of halogens is 3. The number of amides is 1. The fourth-order valence-electron chi connectivity index (χ4n) is 3.67. The average Bonchev–Trinajstić information content (AvgIpc) is 3.38. The second-order valence-corrected chi connectivity index (χ2v) is 7.41. The Morgan fingerprint density at radius 2 is 1.90 bits per heavy atom. The van der Waals surface area contributed by atoms with Gasteiger partial charge in [0.05, 0.1) is 5.56 Å². The van der Waals surface area contributed by atoms with E-state index in [1.807, 2.05) is 25.1 Å². The molecule has 4 rings (SSSR count). The van der Waals surface area contributed by atoms with Crippen LogP contribution in [0, 0.1) is 0 Å². The fraction of sp³-hybridized carbons (Fsp3) is 0.318. The quantitative estimate of drug-likeness (QED) is 0.599. The van der Waals surface area contributed by atoms with Crippen molar-refractivity contribution in [2.24, 2.45) is 0 Å². The zero-order chi connectivity index (χ0) is 22.0. The van der Waals surface area contributed by atoms with Gasteiger partial charge in [-0.2, -0.15) is 13.2 Å². The molecule has 0 saturated carbocycles. The molecular formula is C22H21F3N4O2. The molecule has 0 unspecified atom stereocenters. The Morgan fingerprint density at radius 3 is 2.58 bits per heavy atom. The Bertz CT molecular complexity index is 1070. The van der Waals surface area contributed by atoms with Crippen LogP contribution in [-0.2, 0) is 12.8 Å². The molecule has 0 aliphatic carbocycles. The first-order chi connectivity index (χ1) is 14.8. The van der Waals surface area contributed by atoms with Crippen LogP contribution in [0.4, 0.5) is 13.2 Å². The minimum absolute atomic E-state index is 0.0541. The van der Waals surface area contributed by atoms with Gasteiger partial charge in [0.15, 0.2) is 5.82 Å². The number of carbonyl (C=O) groups is 1. The van der Waals surface area contributed by atoms with Crippen molar-refractivity contribution in [1.82, 2.24) is 19.7 Å². The maximum atomic E-state index is 13.1. The van der Waals surface area contributed by atoms with Crippen molar-refractivity contribution in [1.29, 1.82) is 0 Å². The first kappa shape index (κ1) is 20.9. The minimum Gasteiger partial charge on any atom is -0.486 e. The van der Waals surface area contributed by atoms with Gasteiger partial charge in [0.2, 0.25) is 5.82 Å². The Balaban J connectivity index is 1.64. The maximum Gasteiger partial charge on any atom is 0.416 e. The van der Waals surface area contributed by atoms with E-state index in [0.29, 0.717) is 18.1 Å². The van der Waals surface area contributed by atoms with Gasteiger partial charge >= 0.3 is 6.18 Å². The molecule has 31 heavy (non-hydrogen) atoms. The van der Waals surface area contributed by atoms with E-state index in [1.54, 1.807) is 21.6 Å². The van der Waals surface area contributed by atoms with Gasteiger partial charge in [0.25, 0.3) is 5.91 Å². The van der Waals surface area contributed by atoms with Crippen molar-refractivity contribution in [2.45, 2.75) is 38.6 Å². The minimum atomic E-state index is -4.46. The van der Waals surface area contributed by atoms with Crippen molar-refractivity contribution in [3.05, 3.63) is 71.8 Å². The van der Waals surface area contributed by atoms with E-state index in [9.17, 15) is 18.0 Å². The van der Waals surface area contributed by atoms with Crippen LogP contribution in [0.3, 0.4) is 0 Å². The van der Waals surface area contributed by atoms with E-state index in [0.717, 1.165) is 25.0 Å². The Morgan fingerprint density at radius 1 is 1.13 bits per heavy atom. The number of benzene rings is 2. The lowest BCUT2D eigenvalue weighted by Crippen LogP contribution is -2.35. The van der Waals surface area contributed by atoms with Crippen LogP contribution >= 0.6 is 0 Å². The first-order valence-electron chi connectivity index (χ1n) is 9.95. The monoisotopic (exact) mass is 430 g/mol. The van der Waals surface area contributed by atoms with Gasteiger partial charge in [-0.15, -0.1) is 10.2 Å². The number of aromatic nitrogens is 3. The van der Waals surface area contributed by atoms with Crippen LogP contribution in [0.25, 0.3) is 5.69 Å². The molecule has 2 heterocycles. The van der Waals surface area contributed by atoms with Crippen molar-refractivity contribution >= 4 is 5.91 Å². The second kappa shape index (κ2) is 8.41. The van der Waals surface area contributed by atoms with Gasteiger partial charge in [0.1, 0.15) is 12.4 Å². The maximum absolute atomic E-state index is 13.1. The average molecular weight is 430 g/mol. The normalized spacial score (nSPS) is 16.5. The number of rotatable bonds is 5. The number of ether oxygens (including phenoxy) is 1. The lowest BCUT2D eigenvalue weighted by molar-refractivity contribution is -0.137. The van der Waals surface area contributed by atoms with E-state index in [1.165, 1.54) is 12.1 Å². The van der Waals surface area contributed by atoms with Gasteiger partial charge in [-0.3, -0.25) is 9.36 Å². The highest BCUT2D eigenvalue weighted by atomic mass is 19.4. The van der Waals surface area contributed by atoms with Crippen molar-refractivity contribution < 1.29 is 22.7 Å². The summed E-state index contributed by atoms with van der Waals surface area (Å²) < 4.78 is 46.1. The highest BCUT2D eigenvalue weighted by molar-refractivity contribution is 5.91. The van der Waals surface area contributed by atoms with Crippen LogP contribution in [-0.4, -0.2) is 38.2 Å². The van der Waals surface area contributed by atoms with Gasteiger partial charge in [-0.05, 0) is 50.1 Å². The predicted octanol–water partition coefficient (Wildman–Crippen LogP) is 4.49. The van der Waals surface area contributed by atoms with Gasteiger partial charge in [0, 0.05) is 18.3 Å². The summed E-state index contributed by atoms with van der Waals surface area (Å²) in [6, 6.07) is 13.8. The van der Waals surface area contributed by atoms with Crippen LogP contribution in [0.1, 0.15) is 41.8 Å². The fourth-order valence-corrected chi connectivity index (χ4v) is 3.67. The molecule has 0 radical (unpaired) electrons. The number of para-hydroxylation sites is 1. The lowest BCUT2D eigenvalue weighted by Gasteiger charge is -2.21. The summed E-state index contributed by atoms with van der Waals surface area (Å²) >= 11 is 0. The number of nitrogens with zero attached hydrogens (tertiary/aromatic N) is 4. The number of hydrogen-bond acceptors (Lipinski definition) is 4. The SMILES string of the molecule is C[C@H]1CCCN1C(=O)c1nnc(COc2cccc(C(F)(F)F)c2)n1-c1ccccc1. The summed E-state index contributed by atoms with van der Waals surface area (Å²) in [6.07, 6.45) is -2.61. The summed E-state index contributed by atoms with van der Waals surface area (Å²) in [7, 11) is 0. The molecule has 0 N–H and O–H groups in total. The molecule has 6 nitrogen and oxygen atoms in total. The number of carbonyl (C=O) groups excluding carboxylic acids is 1. The van der Waals surface area contributed by atoms with E-state index in [-0.39, 0.29) is 30.1 Å². The van der Waals surface area contributed by atoms with Crippen LogP contribution in [0.5, 0.6) is 5.75 Å². The largest absolute Gasteiger partial charge is 0.486 e. The molecule has 0 bridgehead atoms. The van der Waals surface area contributed by atoms with E-state index in [2.05, 4.69) is 10.2 Å². The zero-order valence-electron chi connectivity index (χ0n) is 16.8. The third-order valence-corrected chi connectivity index (χ3v) is 5.28. The number of alkyl halides is 3. The molecule has 9 heteroatoms. The summed E-state index contributed by atoms with van der Waals surface area (Å²) in [5.41, 5.74) is -0.126. The molecule has 162 valence electrons. The van der Waals surface area contributed by atoms with E-state index in [4.69, 9.17) is 4.74 Å². The molecule has 1 amide bonds. The number of hydrogen-bond donors (Lipinski definition) is 0. The van der Waals surface area contributed by atoms with Gasteiger partial charge in [-0.25, -0.2) is 0 Å². The predicted molar refractivity (Wildman–Crippen MR) is 107 cm³/mol. The van der Waals surface area contributed by atoms with E-state index < -0.39 is 11.7 Å². The molecule has 1 aromatic heterocycles. The standard InChI is InChI=1S/C22H21F3N4O2/c1-15-7-6-12-28(15)21(30)20-27-26-19(29(20)17-9-3-2-4-10-17)14-31-18-11-5-8-16(13-18)22(23,24)25/h2-5,8-11,13,15H,6-7,12,14H2,1H3/t15-/m0/s1. The molecule has 0 spiro atoms. The molecule has 3 aromatic rings. The van der Waals surface area contributed by atoms with Gasteiger partial charge in [-0.1, -0.05) is 24.3 Å². The Kier molecular flexibility index (Phi) is 5.67. The first-order valence-corrected chi connectivity index (χ1v) is 9.95. The molecule has 2 aromatic carbocycles. The van der Waals surface area contributed by atoms with Gasteiger partial charge < -0.3 is 9.64 Å². The third kappa shape index (κ3) is 4.40. The van der Waals surface area contributed by atoms with Crippen molar-refractivity contribution in [3.63, 3.8) is 0 Å². The third-order valence-electron chi connectivity index (χ3n) is 5.28. The highest BCUT2D eigenvalue weighted by Crippen LogP contribution is 2.31. The topological polar surface area (TPSA) is 60.3 Å². The Labute approximate surface area is 177 Å². The number of likely N-dealkylation sites (tertiary alicyclic amines) is 1. The highest BCUT2D eigenvalue weighted by Gasteiger charge is 2.32. The zero-order valence-corrected chi connectivity index (χ0v) is 16.8. The lowest BCUT2D eigenvalue weighted by atomic mass is 10.2. The molecular weight excluding hydrogens is 409 g/mol. The summed E-state index contributed by atoms with van der Waals surface area (Å²) in [5, 5.41) is 8.22. The van der Waals surface area contributed by atoms with E-state index >= 15 is 0 Å². The molecule has 1 aliphatic heterocycles. The molecule has 1 fully saturated rings. The molecule has 1 atom stereocenters. The summed E-state index contributed by atoms with van der Waals surface area (Å²) in [6.45, 7) is 2.50. The van der Waals surface area contributed by atoms with Crippen LogP contribution < -0.4 is 4.74 Å². The summed E-state index contributed by atoms with van der Waals surface area (Å²) in [4.78, 5) is 14.9. The summed E-state index contributed by atoms with van der Waals surface area (Å²) in [5.74, 6) is 0.298. The molecule has 1 saturated heterocycles. The Hall–Kier alpha value is -3.36. The molecule has 1 aliphatic rings. The van der Waals surface area contributed by atoms with Crippen molar-refractivity contribution in [2.75, 3.05) is 6.54 Å². The second-order valence-electron chi connectivity index (χ2n) is 7.41. The van der Waals surface area contributed by atoms with Crippen LogP contribution in [0.15, 0.2) is 54.6 Å². The van der Waals surface area contributed by atoms with Crippen molar-refractivity contribution in [3.8, 4) is 11.4 Å². The smallest absolute Gasteiger partial charge is 0.416 e.